The maximum atomic E-state index is 11.8. The molecule has 186 valence electrons. The molecule has 9 nitrogen and oxygen atoms in total. The minimum absolute atomic E-state index is 0.0142. The predicted molar refractivity (Wildman–Crippen MR) is 133 cm³/mol. The second kappa shape index (κ2) is 21.9. The van der Waals surface area contributed by atoms with Crippen LogP contribution in [0.4, 0.5) is 0 Å². The standard InChI is InChI=1S/C23H47N7O2/c1-3-5-7-9-11-14-18-26-20(31)16-12-13-17-21(32)29-30-23(25)28-22(24)27-19-15-10-8-6-4-2/h3-19H2,1-2H3,(H,26,31)(H,29,32)(H5,24,25,27,28,30). The van der Waals surface area contributed by atoms with Crippen LogP contribution in [0.2, 0.25) is 0 Å². The Morgan fingerprint density at radius 2 is 1.25 bits per heavy atom. The van der Waals surface area contributed by atoms with Gasteiger partial charge in [0.2, 0.25) is 23.7 Å². The molecule has 0 fully saturated rings. The smallest absolute Gasteiger partial charge is 0.238 e. The van der Waals surface area contributed by atoms with E-state index in [0.29, 0.717) is 32.2 Å². The molecule has 32 heavy (non-hydrogen) atoms. The Hall–Kier alpha value is -2.32. The van der Waals surface area contributed by atoms with Crippen molar-refractivity contribution in [1.29, 1.82) is 0 Å². The lowest BCUT2D eigenvalue weighted by Gasteiger charge is -2.08. The van der Waals surface area contributed by atoms with Crippen molar-refractivity contribution in [2.45, 2.75) is 110 Å². The number of carbonyl (C=O) groups excluding carboxylic acids is 2. The molecule has 0 aromatic rings. The second-order valence-electron chi connectivity index (χ2n) is 8.15. The molecule has 9 heteroatoms. The first-order valence-electron chi connectivity index (χ1n) is 12.4. The Morgan fingerprint density at radius 1 is 0.688 bits per heavy atom. The Balaban J connectivity index is 3.74. The minimum atomic E-state index is -0.220. The van der Waals surface area contributed by atoms with Gasteiger partial charge in [0, 0.05) is 25.9 Å². The van der Waals surface area contributed by atoms with E-state index >= 15 is 0 Å². The molecule has 0 atom stereocenters. The van der Waals surface area contributed by atoms with Crippen LogP contribution in [0, 0.1) is 0 Å². The SMILES string of the molecule is CCCCCCCCNC(=O)CCCCC(=O)NNC(N)=NC(N)=NCCCCCCC. The third-order valence-electron chi connectivity index (χ3n) is 5.01. The number of hydrogen-bond acceptors (Lipinski definition) is 3. The zero-order valence-corrected chi connectivity index (χ0v) is 20.4. The molecule has 0 bridgehead atoms. The minimum Gasteiger partial charge on any atom is -0.368 e. The summed E-state index contributed by atoms with van der Waals surface area (Å²) in [5.41, 5.74) is 16.4. The summed E-state index contributed by atoms with van der Waals surface area (Å²) in [5, 5.41) is 2.94. The van der Waals surface area contributed by atoms with Crippen molar-refractivity contribution in [3.8, 4) is 0 Å². The van der Waals surface area contributed by atoms with Crippen LogP contribution in [0.1, 0.15) is 110 Å². The summed E-state index contributed by atoms with van der Waals surface area (Å²) in [7, 11) is 0. The van der Waals surface area contributed by atoms with Gasteiger partial charge in [-0.3, -0.25) is 25.4 Å². The van der Waals surface area contributed by atoms with E-state index < -0.39 is 0 Å². The van der Waals surface area contributed by atoms with Crippen LogP contribution in [-0.2, 0) is 9.59 Å². The fourth-order valence-electron chi connectivity index (χ4n) is 3.08. The first-order valence-corrected chi connectivity index (χ1v) is 12.4. The summed E-state index contributed by atoms with van der Waals surface area (Å²) in [6.45, 7) is 5.73. The molecule has 0 radical (unpaired) electrons. The van der Waals surface area contributed by atoms with E-state index in [1.165, 1.54) is 44.9 Å². The highest BCUT2D eigenvalue weighted by Gasteiger charge is 2.04. The van der Waals surface area contributed by atoms with Gasteiger partial charge in [0.25, 0.3) is 0 Å². The first-order chi connectivity index (χ1) is 15.5. The summed E-state index contributed by atoms with van der Waals surface area (Å²) < 4.78 is 0. The third kappa shape index (κ3) is 20.9. The number of aliphatic imine (C=N–C) groups is 2. The maximum absolute atomic E-state index is 11.8. The molecule has 2 amide bonds. The molecule has 7 N–H and O–H groups in total. The third-order valence-corrected chi connectivity index (χ3v) is 5.01. The number of hydrogen-bond donors (Lipinski definition) is 5. The van der Waals surface area contributed by atoms with E-state index in [-0.39, 0.29) is 23.7 Å². The molecule has 0 spiro atoms. The normalized spacial score (nSPS) is 11.9. The molecule has 0 aliphatic heterocycles. The summed E-state index contributed by atoms with van der Waals surface area (Å²) in [4.78, 5) is 31.7. The lowest BCUT2D eigenvalue weighted by atomic mass is 10.1. The van der Waals surface area contributed by atoms with Crippen LogP contribution in [0.25, 0.3) is 0 Å². The van der Waals surface area contributed by atoms with Crippen LogP contribution in [-0.4, -0.2) is 36.8 Å². The number of carbonyl (C=O) groups is 2. The molecule has 0 saturated carbocycles. The molecule has 0 heterocycles. The number of unbranched alkanes of at least 4 members (excludes halogenated alkanes) is 10. The van der Waals surface area contributed by atoms with Crippen LogP contribution >= 0.6 is 0 Å². The van der Waals surface area contributed by atoms with Crippen molar-refractivity contribution in [3.63, 3.8) is 0 Å². The van der Waals surface area contributed by atoms with Crippen molar-refractivity contribution >= 4 is 23.7 Å². The van der Waals surface area contributed by atoms with Gasteiger partial charge < -0.3 is 16.8 Å². The quantitative estimate of drug-likeness (QED) is 0.0935. The van der Waals surface area contributed by atoms with Gasteiger partial charge in [0.1, 0.15) is 0 Å². The molecule has 0 aliphatic carbocycles. The Labute approximate surface area is 194 Å². The average Bonchev–Trinajstić information content (AvgIpc) is 2.77. The van der Waals surface area contributed by atoms with Crippen molar-refractivity contribution in [3.05, 3.63) is 0 Å². The first kappa shape index (κ1) is 29.7. The molecular weight excluding hydrogens is 406 g/mol. The van der Waals surface area contributed by atoms with Crippen molar-refractivity contribution in [2.75, 3.05) is 13.1 Å². The van der Waals surface area contributed by atoms with Gasteiger partial charge in [-0.2, -0.15) is 4.99 Å². The lowest BCUT2D eigenvalue weighted by Crippen LogP contribution is -2.46. The highest BCUT2D eigenvalue weighted by molar-refractivity contribution is 5.94. The van der Waals surface area contributed by atoms with Crippen LogP contribution in [0.5, 0.6) is 0 Å². The zero-order chi connectivity index (χ0) is 23.9. The molecule has 0 rings (SSSR count). The maximum Gasteiger partial charge on any atom is 0.238 e. The van der Waals surface area contributed by atoms with Crippen LogP contribution < -0.4 is 27.6 Å². The Kier molecular flexibility index (Phi) is 20.3. The van der Waals surface area contributed by atoms with E-state index in [1.54, 1.807) is 0 Å². The fraction of sp³-hybridized carbons (Fsp3) is 0.826. The Morgan fingerprint density at radius 3 is 1.91 bits per heavy atom. The number of hydrazine groups is 1. The summed E-state index contributed by atoms with van der Waals surface area (Å²) >= 11 is 0. The number of nitrogens with two attached hydrogens (primary N) is 2. The van der Waals surface area contributed by atoms with Crippen molar-refractivity contribution in [2.24, 2.45) is 21.5 Å². The van der Waals surface area contributed by atoms with Crippen molar-refractivity contribution in [1.82, 2.24) is 16.2 Å². The summed E-state index contributed by atoms with van der Waals surface area (Å²) in [6.07, 6.45) is 15.0. The topological polar surface area (TPSA) is 147 Å². The van der Waals surface area contributed by atoms with E-state index in [1.807, 2.05) is 0 Å². The van der Waals surface area contributed by atoms with Gasteiger partial charge in [-0.25, -0.2) is 0 Å². The number of rotatable bonds is 18. The molecule has 0 saturated heterocycles. The number of nitrogens with one attached hydrogen (secondary N) is 3. The fourth-order valence-corrected chi connectivity index (χ4v) is 3.08. The second-order valence-corrected chi connectivity index (χ2v) is 8.15. The lowest BCUT2D eigenvalue weighted by molar-refractivity contribution is -0.123. The Bertz CT molecular complexity index is 550. The van der Waals surface area contributed by atoms with Gasteiger partial charge >= 0.3 is 0 Å². The van der Waals surface area contributed by atoms with Gasteiger partial charge in [-0.15, -0.1) is 0 Å². The van der Waals surface area contributed by atoms with Crippen molar-refractivity contribution < 1.29 is 9.59 Å². The number of guanidine groups is 2. The highest BCUT2D eigenvalue weighted by atomic mass is 16.2. The monoisotopic (exact) mass is 453 g/mol. The predicted octanol–water partition coefficient (Wildman–Crippen LogP) is 3.24. The van der Waals surface area contributed by atoms with E-state index in [2.05, 4.69) is 40.0 Å². The van der Waals surface area contributed by atoms with Gasteiger partial charge in [-0.05, 0) is 25.7 Å². The van der Waals surface area contributed by atoms with E-state index in [4.69, 9.17) is 11.5 Å². The van der Waals surface area contributed by atoms with Gasteiger partial charge in [0.05, 0.1) is 0 Å². The zero-order valence-electron chi connectivity index (χ0n) is 20.4. The molecule has 0 aliphatic rings. The molecule has 0 aromatic heterocycles. The molecular formula is C23H47N7O2. The van der Waals surface area contributed by atoms with Crippen LogP contribution in [0.3, 0.4) is 0 Å². The highest BCUT2D eigenvalue weighted by Crippen LogP contribution is 2.05. The average molecular weight is 454 g/mol. The van der Waals surface area contributed by atoms with E-state index in [0.717, 1.165) is 32.2 Å². The molecule has 0 aromatic carbocycles. The summed E-state index contributed by atoms with van der Waals surface area (Å²) in [6, 6.07) is 0. The van der Waals surface area contributed by atoms with Crippen LogP contribution in [0.15, 0.2) is 9.98 Å². The summed E-state index contributed by atoms with van der Waals surface area (Å²) in [5.74, 6) is -0.0953. The largest absolute Gasteiger partial charge is 0.368 e. The van der Waals surface area contributed by atoms with Gasteiger partial charge in [0.15, 0.2) is 0 Å². The molecule has 0 unspecified atom stereocenters. The number of amides is 2. The van der Waals surface area contributed by atoms with E-state index in [9.17, 15) is 9.59 Å². The number of nitrogens with zero attached hydrogens (tertiary/aromatic N) is 2. The van der Waals surface area contributed by atoms with Gasteiger partial charge in [-0.1, -0.05) is 71.6 Å².